The second kappa shape index (κ2) is 16.2. The van der Waals surface area contributed by atoms with Gasteiger partial charge in [-0.25, -0.2) is 0 Å². The average Bonchev–Trinajstić information content (AvgIpc) is 2.59. The number of ketones is 1. The van der Waals surface area contributed by atoms with Crippen LogP contribution in [0.2, 0.25) is 0 Å². The van der Waals surface area contributed by atoms with Crippen molar-refractivity contribution in [1.82, 2.24) is 4.90 Å². The molecule has 0 saturated carbocycles. The van der Waals surface area contributed by atoms with Crippen LogP contribution in [0.1, 0.15) is 90.4 Å². The summed E-state index contributed by atoms with van der Waals surface area (Å²) in [5, 5.41) is 0. The SMILES string of the molecule is CCCCCCC(=O)/C=C(\CCCCCCCCC(=O)OC)N(C)C. The van der Waals surface area contributed by atoms with Crippen molar-refractivity contribution >= 4 is 11.8 Å². The molecule has 25 heavy (non-hydrogen) atoms. The summed E-state index contributed by atoms with van der Waals surface area (Å²) in [4.78, 5) is 25.1. The Kier molecular flexibility index (Phi) is 15.3. The highest BCUT2D eigenvalue weighted by atomic mass is 16.5. The molecule has 0 saturated heterocycles. The third-order valence-electron chi connectivity index (χ3n) is 4.47. The number of carbonyl (C=O) groups is 2. The lowest BCUT2D eigenvalue weighted by Crippen LogP contribution is -2.13. The molecule has 0 N–H and O–H groups in total. The highest BCUT2D eigenvalue weighted by Gasteiger charge is 2.05. The number of unbranched alkanes of at least 4 members (excludes halogenated alkanes) is 8. The molecule has 4 nitrogen and oxygen atoms in total. The van der Waals surface area contributed by atoms with Gasteiger partial charge in [0.1, 0.15) is 0 Å². The van der Waals surface area contributed by atoms with Crippen LogP contribution in [0, 0.1) is 0 Å². The van der Waals surface area contributed by atoms with Gasteiger partial charge in [-0.1, -0.05) is 51.9 Å². The molecule has 0 unspecified atom stereocenters. The van der Waals surface area contributed by atoms with Crippen molar-refractivity contribution in [2.45, 2.75) is 90.4 Å². The van der Waals surface area contributed by atoms with Crippen molar-refractivity contribution in [3.05, 3.63) is 11.8 Å². The lowest BCUT2D eigenvalue weighted by Gasteiger charge is -2.17. The van der Waals surface area contributed by atoms with E-state index in [1.807, 2.05) is 20.2 Å². The molecular weight excluding hydrogens is 314 g/mol. The average molecular weight is 354 g/mol. The number of hydrogen-bond acceptors (Lipinski definition) is 4. The maximum atomic E-state index is 12.1. The highest BCUT2D eigenvalue weighted by Crippen LogP contribution is 2.15. The molecule has 0 bridgehead atoms. The summed E-state index contributed by atoms with van der Waals surface area (Å²) in [6.45, 7) is 2.19. The first kappa shape index (κ1) is 23.7. The van der Waals surface area contributed by atoms with Crippen LogP contribution in [-0.4, -0.2) is 37.9 Å². The zero-order valence-electron chi connectivity index (χ0n) is 16.9. The van der Waals surface area contributed by atoms with Crippen molar-refractivity contribution < 1.29 is 14.3 Å². The molecule has 0 aliphatic heterocycles. The lowest BCUT2D eigenvalue weighted by molar-refractivity contribution is -0.140. The zero-order valence-corrected chi connectivity index (χ0v) is 16.9. The smallest absolute Gasteiger partial charge is 0.305 e. The Hall–Kier alpha value is -1.32. The number of esters is 1. The van der Waals surface area contributed by atoms with Crippen molar-refractivity contribution in [2.24, 2.45) is 0 Å². The summed E-state index contributed by atoms with van der Waals surface area (Å²) < 4.78 is 4.63. The van der Waals surface area contributed by atoms with Gasteiger partial charge in [0.15, 0.2) is 5.78 Å². The highest BCUT2D eigenvalue weighted by molar-refractivity contribution is 5.90. The van der Waals surface area contributed by atoms with Crippen LogP contribution in [0.5, 0.6) is 0 Å². The third kappa shape index (κ3) is 14.7. The molecule has 0 spiro atoms. The summed E-state index contributed by atoms with van der Waals surface area (Å²) >= 11 is 0. The topological polar surface area (TPSA) is 46.6 Å². The molecule has 146 valence electrons. The van der Waals surface area contributed by atoms with Gasteiger partial charge in [-0.05, 0) is 25.7 Å². The van der Waals surface area contributed by atoms with Crippen molar-refractivity contribution in [1.29, 1.82) is 0 Å². The molecule has 0 aromatic rings. The maximum absolute atomic E-state index is 12.1. The van der Waals surface area contributed by atoms with Gasteiger partial charge in [-0.15, -0.1) is 0 Å². The van der Waals surface area contributed by atoms with E-state index in [1.165, 1.54) is 32.8 Å². The number of methoxy groups -OCH3 is 1. The molecule has 0 rings (SSSR count). The molecule has 0 fully saturated rings. The number of nitrogens with zero attached hydrogens (tertiary/aromatic N) is 1. The normalized spacial score (nSPS) is 11.4. The number of allylic oxidation sites excluding steroid dienone is 2. The third-order valence-corrected chi connectivity index (χ3v) is 4.47. The minimum absolute atomic E-state index is 0.111. The van der Waals surface area contributed by atoms with Gasteiger partial charge in [0.2, 0.25) is 0 Å². The first-order chi connectivity index (χ1) is 12.0. The molecule has 0 atom stereocenters. The van der Waals surface area contributed by atoms with Crippen molar-refractivity contribution in [3.63, 3.8) is 0 Å². The predicted molar refractivity (Wildman–Crippen MR) is 104 cm³/mol. The van der Waals surface area contributed by atoms with E-state index < -0.39 is 0 Å². The van der Waals surface area contributed by atoms with Gasteiger partial charge < -0.3 is 9.64 Å². The summed E-state index contributed by atoms with van der Waals surface area (Å²) in [5.41, 5.74) is 1.14. The predicted octanol–water partition coefficient (Wildman–Crippen LogP) is 5.27. The van der Waals surface area contributed by atoms with E-state index in [2.05, 4.69) is 16.6 Å². The molecule has 0 amide bonds. The number of hydrogen-bond donors (Lipinski definition) is 0. The lowest BCUT2D eigenvalue weighted by atomic mass is 10.0. The van der Waals surface area contributed by atoms with E-state index in [0.717, 1.165) is 50.6 Å². The quantitative estimate of drug-likeness (QED) is 0.215. The zero-order chi connectivity index (χ0) is 18.9. The molecule has 0 aromatic heterocycles. The van der Waals surface area contributed by atoms with Crippen LogP contribution in [-0.2, 0) is 14.3 Å². The van der Waals surface area contributed by atoms with Crippen LogP contribution in [0.4, 0.5) is 0 Å². The summed E-state index contributed by atoms with van der Waals surface area (Å²) in [6.07, 6.45) is 15.3. The Morgan fingerprint density at radius 1 is 0.800 bits per heavy atom. The summed E-state index contributed by atoms with van der Waals surface area (Å²) in [6, 6.07) is 0. The van der Waals surface area contributed by atoms with E-state index in [1.54, 1.807) is 0 Å². The Morgan fingerprint density at radius 2 is 1.32 bits per heavy atom. The standard InChI is InChI=1S/C21H39NO3/c1-5-6-7-13-16-20(23)18-19(22(2)3)15-12-10-8-9-11-14-17-21(24)25-4/h18H,5-17H2,1-4H3/b19-18+. The first-order valence-corrected chi connectivity index (χ1v) is 9.98. The van der Waals surface area contributed by atoms with E-state index in [9.17, 15) is 9.59 Å². The molecule has 4 heteroatoms. The molecule has 0 radical (unpaired) electrons. The fourth-order valence-corrected chi connectivity index (χ4v) is 2.79. The van der Waals surface area contributed by atoms with Crippen LogP contribution in [0.25, 0.3) is 0 Å². The Bertz CT molecular complexity index is 389. The van der Waals surface area contributed by atoms with E-state index in [4.69, 9.17) is 0 Å². The van der Waals surface area contributed by atoms with Crippen LogP contribution in [0.3, 0.4) is 0 Å². The van der Waals surface area contributed by atoms with E-state index in [-0.39, 0.29) is 11.8 Å². The van der Waals surface area contributed by atoms with Crippen molar-refractivity contribution in [2.75, 3.05) is 21.2 Å². The van der Waals surface area contributed by atoms with Crippen LogP contribution in [0.15, 0.2) is 11.8 Å². The van der Waals surface area contributed by atoms with Crippen molar-refractivity contribution in [3.8, 4) is 0 Å². The van der Waals surface area contributed by atoms with Crippen LogP contribution < -0.4 is 0 Å². The molecule has 0 aliphatic carbocycles. The second-order valence-corrected chi connectivity index (χ2v) is 7.00. The van der Waals surface area contributed by atoms with Crippen LogP contribution >= 0.6 is 0 Å². The monoisotopic (exact) mass is 353 g/mol. The molecule has 0 heterocycles. The van der Waals surface area contributed by atoms with Gasteiger partial charge in [-0.3, -0.25) is 9.59 Å². The fourth-order valence-electron chi connectivity index (χ4n) is 2.79. The van der Waals surface area contributed by atoms with Gasteiger partial charge in [0.25, 0.3) is 0 Å². The van der Waals surface area contributed by atoms with Gasteiger partial charge in [0.05, 0.1) is 7.11 Å². The Balaban J connectivity index is 3.87. The summed E-state index contributed by atoms with van der Waals surface area (Å²) in [5.74, 6) is 0.155. The minimum atomic E-state index is -0.111. The van der Waals surface area contributed by atoms with E-state index in [0.29, 0.717) is 12.8 Å². The fraction of sp³-hybridized carbons (Fsp3) is 0.810. The number of rotatable bonds is 16. The second-order valence-electron chi connectivity index (χ2n) is 7.00. The van der Waals surface area contributed by atoms with Gasteiger partial charge in [-0.2, -0.15) is 0 Å². The maximum Gasteiger partial charge on any atom is 0.305 e. The largest absolute Gasteiger partial charge is 0.469 e. The molecule has 0 aliphatic rings. The van der Waals surface area contributed by atoms with Gasteiger partial charge in [0, 0.05) is 38.7 Å². The Morgan fingerprint density at radius 3 is 1.88 bits per heavy atom. The number of ether oxygens (including phenoxy) is 1. The minimum Gasteiger partial charge on any atom is -0.469 e. The van der Waals surface area contributed by atoms with E-state index >= 15 is 0 Å². The number of carbonyl (C=O) groups excluding carboxylic acids is 2. The molecular formula is C21H39NO3. The summed E-state index contributed by atoms with van der Waals surface area (Å²) in [7, 11) is 5.47. The van der Waals surface area contributed by atoms with Gasteiger partial charge >= 0.3 is 5.97 Å². The first-order valence-electron chi connectivity index (χ1n) is 9.98. The molecule has 0 aromatic carbocycles. The Labute approximate surface area is 155 Å².